The molecule has 4 rings (SSSR count). The average molecular weight is 447 g/mol. The molecule has 2 aromatic rings. The smallest absolute Gasteiger partial charge is 0.161 e. The third-order valence-corrected chi connectivity index (χ3v) is 6.60. The molecule has 28 heavy (non-hydrogen) atoms. The van der Waals surface area contributed by atoms with Gasteiger partial charge in [0.1, 0.15) is 5.75 Å². The maximum absolute atomic E-state index is 5.54. The van der Waals surface area contributed by atoms with Crippen molar-refractivity contribution in [2.45, 2.75) is 18.9 Å². The Balaban J connectivity index is 1.47. The highest BCUT2D eigenvalue weighted by molar-refractivity contribution is 9.10. The molecule has 1 unspecified atom stereocenters. The molecule has 0 radical (unpaired) electrons. The van der Waals surface area contributed by atoms with Crippen LogP contribution in [-0.2, 0) is 6.42 Å². The highest BCUT2D eigenvalue weighted by Crippen LogP contribution is 2.42. The van der Waals surface area contributed by atoms with Crippen LogP contribution in [0.15, 0.2) is 34.8 Å². The number of methoxy groups -OCH3 is 3. The van der Waals surface area contributed by atoms with E-state index < -0.39 is 0 Å². The van der Waals surface area contributed by atoms with Gasteiger partial charge in [-0.3, -0.25) is 4.90 Å². The number of aryl methyl sites for hydroxylation is 1. The first-order valence-corrected chi connectivity index (χ1v) is 10.5. The summed E-state index contributed by atoms with van der Waals surface area (Å²) >= 11 is 3.54. The van der Waals surface area contributed by atoms with Crippen molar-refractivity contribution >= 4 is 21.6 Å². The van der Waals surface area contributed by atoms with E-state index in [0.29, 0.717) is 6.04 Å². The van der Waals surface area contributed by atoms with Crippen molar-refractivity contribution in [2.75, 3.05) is 52.4 Å². The summed E-state index contributed by atoms with van der Waals surface area (Å²) in [6.45, 7) is 4.14. The predicted molar refractivity (Wildman–Crippen MR) is 115 cm³/mol. The Morgan fingerprint density at radius 3 is 2.21 bits per heavy atom. The fourth-order valence-electron chi connectivity index (χ4n) is 4.43. The minimum Gasteiger partial charge on any atom is -0.495 e. The minimum absolute atomic E-state index is 0.469. The summed E-state index contributed by atoms with van der Waals surface area (Å²) in [7, 11) is 5.12. The zero-order chi connectivity index (χ0) is 19.7. The van der Waals surface area contributed by atoms with E-state index in [1.54, 1.807) is 21.3 Å². The highest BCUT2D eigenvalue weighted by Gasteiger charge is 2.31. The van der Waals surface area contributed by atoms with Crippen molar-refractivity contribution in [3.8, 4) is 17.2 Å². The lowest BCUT2D eigenvalue weighted by atomic mass is 10.0. The van der Waals surface area contributed by atoms with E-state index in [4.69, 9.17) is 14.2 Å². The molecular formula is C22H27BrN2O3. The molecule has 150 valence electrons. The summed E-state index contributed by atoms with van der Waals surface area (Å²) in [6.07, 6.45) is 2.27. The molecule has 2 aliphatic rings. The van der Waals surface area contributed by atoms with Crippen LogP contribution in [0.5, 0.6) is 17.2 Å². The second-order valence-corrected chi connectivity index (χ2v) is 8.16. The number of anilines is 1. The van der Waals surface area contributed by atoms with E-state index in [1.807, 2.05) is 0 Å². The number of rotatable bonds is 5. The number of piperazine rings is 1. The SMILES string of the molecule is COc1cc(N2CCN(C3CCc4cc(OC)c(OC)cc43)CC2)ccc1Br. The fourth-order valence-corrected chi connectivity index (χ4v) is 4.84. The van der Waals surface area contributed by atoms with Crippen molar-refractivity contribution in [1.29, 1.82) is 0 Å². The predicted octanol–water partition coefficient (Wildman–Crippen LogP) is 4.28. The van der Waals surface area contributed by atoms with E-state index in [0.717, 1.165) is 60.7 Å². The molecular weight excluding hydrogens is 420 g/mol. The molecule has 1 heterocycles. The molecule has 0 bridgehead atoms. The third-order valence-electron chi connectivity index (χ3n) is 5.95. The summed E-state index contributed by atoms with van der Waals surface area (Å²) < 4.78 is 17.5. The number of halogens is 1. The molecule has 0 aromatic heterocycles. The molecule has 5 nitrogen and oxygen atoms in total. The molecule has 0 amide bonds. The Labute approximate surface area is 175 Å². The van der Waals surface area contributed by atoms with Gasteiger partial charge in [0.25, 0.3) is 0 Å². The number of nitrogens with zero attached hydrogens (tertiary/aromatic N) is 2. The Bertz CT molecular complexity index is 850. The monoisotopic (exact) mass is 446 g/mol. The van der Waals surface area contributed by atoms with Crippen LogP contribution in [0.2, 0.25) is 0 Å². The summed E-state index contributed by atoms with van der Waals surface area (Å²) in [6, 6.07) is 11.1. The van der Waals surface area contributed by atoms with Crippen molar-refractivity contribution < 1.29 is 14.2 Å². The maximum Gasteiger partial charge on any atom is 0.161 e. The van der Waals surface area contributed by atoms with Gasteiger partial charge >= 0.3 is 0 Å². The molecule has 0 saturated carbocycles. The van der Waals surface area contributed by atoms with Gasteiger partial charge < -0.3 is 19.1 Å². The van der Waals surface area contributed by atoms with Crippen molar-refractivity contribution in [3.63, 3.8) is 0 Å². The Morgan fingerprint density at radius 2 is 1.54 bits per heavy atom. The Hall–Kier alpha value is -1.92. The third kappa shape index (κ3) is 3.55. The van der Waals surface area contributed by atoms with Gasteiger partial charge in [-0.05, 0) is 64.2 Å². The molecule has 6 heteroatoms. The highest BCUT2D eigenvalue weighted by atomic mass is 79.9. The van der Waals surface area contributed by atoms with Gasteiger partial charge in [-0.2, -0.15) is 0 Å². The number of hydrogen-bond donors (Lipinski definition) is 0. The van der Waals surface area contributed by atoms with E-state index in [1.165, 1.54) is 16.8 Å². The van der Waals surface area contributed by atoms with E-state index >= 15 is 0 Å². The lowest BCUT2D eigenvalue weighted by Crippen LogP contribution is -2.47. The van der Waals surface area contributed by atoms with E-state index in [9.17, 15) is 0 Å². The molecule has 1 atom stereocenters. The number of hydrogen-bond acceptors (Lipinski definition) is 5. The van der Waals surface area contributed by atoms with Crippen molar-refractivity contribution in [2.24, 2.45) is 0 Å². The zero-order valence-corrected chi connectivity index (χ0v) is 18.3. The zero-order valence-electron chi connectivity index (χ0n) is 16.7. The van der Waals surface area contributed by atoms with Gasteiger partial charge in [0.05, 0.1) is 25.8 Å². The Kier molecular flexibility index (Phi) is 5.69. The molecule has 1 aliphatic carbocycles. The molecule has 2 aromatic carbocycles. The van der Waals surface area contributed by atoms with Crippen LogP contribution in [-0.4, -0.2) is 52.4 Å². The Morgan fingerprint density at radius 1 is 0.857 bits per heavy atom. The van der Waals surface area contributed by atoms with Gasteiger partial charge in [0, 0.05) is 44.0 Å². The quantitative estimate of drug-likeness (QED) is 0.684. The van der Waals surface area contributed by atoms with Gasteiger partial charge in [0.2, 0.25) is 0 Å². The first-order chi connectivity index (χ1) is 13.6. The second-order valence-electron chi connectivity index (χ2n) is 7.30. The van der Waals surface area contributed by atoms with Crippen LogP contribution in [0.4, 0.5) is 5.69 Å². The first kappa shape index (κ1) is 19.4. The number of fused-ring (bicyclic) bond motifs is 1. The molecule has 1 saturated heterocycles. The van der Waals surface area contributed by atoms with E-state index in [2.05, 4.69) is 56.1 Å². The lowest BCUT2D eigenvalue weighted by Gasteiger charge is -2.39. The topological polar surface area (TPSA) is 34.2 Å². The van der Waals surface area contributed by atoms with Crippen LogP contribution in [0.1, 0.15) is 23.6 Å². The normalized spacial score (nSPS) is 19.4. The summed E-state index contributed by atoms with van der Waals surface area (Å²) in [5.41, 5.74) is 4.01. The molecule has 0 N–H and O–H groups in total. The summed E-state index contributed by atoms with van der Waals surface area (Å²) in [5.74, 6) is 2.54. The minimum atomic E-state index is 0.469. The van der Waals surface area contributed by atoms with Crippen LogP contribution in [0.25, 0.3) is 0 Å². The van der Waals surface area contributed by atoms with Crippen molar-refractivity contribution in [3.05, 3.63) is 45.9 Å². The molecule has 1 aliphatic heterocycles. The van der Waals surface area contributed by atoms with Crippen LogP contribution < -0.4 is 19.1 Å². The fraction of sp³-hybridized carbons (Fsp3) is 0.455. The number of ether oxygens (including phenoxy) is 3. The van der Waals surface area contributed by atoms with Crippen LogP contribution in [0, 0.1) is 0 Å². The van der Waals surface area contributed by atoms with Gasteiger partial charge in [0.15, 0.2) is 11.5 Å². The number of benzene rings is 2. The largest absolute Gasteiger partial charge is 0.495 e. The molecule has 0 spiro atoms. The van der Waals surface area contributed by atoms with Crippen LogP contribution in [0.3, 0.4) is 0 Å². The summed E-state index contributed by atoms with van der Waals surface area (Å²) in [4.78, 5) is 5.06. The summed E-state index contributed by atoms with van der Waals surface area (Å²) in [5, 5.41) is 0. The van der Waals surface area contributed by atoms with Crippen molar-refractivity contribution in [1.82, 2.24) is 4.90 Å². The maximum atomic E-state index is 5.54. The van der Waals surface area contributed by atoms with E-state index in [-0.39, 0.29) is 0 Å². The van der Waals surface area contributed by atoms with Gasteiger partial charge in [-0.1, -0.05) is 0 Å². The average Bonchev–Trinajstić information content (AvgIpc) is 3.16. The van der Waals surface area contributed by atoms with Gasteiger partial charge in [-0.15, -0.1) is 0 Å². The molecule has 1 fully saturated rings. The lowest BCUT2D eigenvalue weighted by molar-refractivity contribution is 0.185. The second kappa shape index (κ2) is 8.21. The first-order valence-electron chi connectivity index (χ1n) is 9.72. The van der Waals surface area contributed by atoms with Crippen LogP contribution >= 0.6 is 15.9 Å². The van der Waals surface area contributed by atoms with Gasteiger partial charge in [-0.25, -0.2) is 0 Å². The standard InChI is InChI=1S/C22H27BrN2O3/c1-26-20-13-16(5-6-18(20)23)24-8-10-25(11-9-24)19-7-4-15-12-21(27-2)22(28-3)14-17(15)19/h5-6,12-14,19H,4,7-11H2,1-3H3.